The topological polar surface area (TPSA) is 87.2 Å². The Kier molecular flexibility index (Phi) is 9.05. The van der Waals surface area contributed by atoms with Crippen molar-refractivity contribution >= 4 is 17.7 Å². The molecule has 3 N–H and O–H groups in total. The second-order valence-electron chi connectivity index (χ2n) is 7.78. The van der Waals surface area contributed by atoms with Gasteiger partial charge in [-0.05, 0) is 39.3 Å². The van der Waals surface area contributed by atoms with Gasteiger partial charge in [-0.2, -0.15) is 0 Å². The summed E-state index contributed by atoms with van der Waals surface area (Å²) in [7, 11) is 0. The molecule has 1 saturated heterocycles. The Bertz CT molecular complexity index is 667. The summed E-state index contributed by atoms with van der Waals surface area (Å²) in [6.45, 7) is 13.2. The van der Waals surface area contributed by atoms with Crippen LogP contribution in [0.3, 0.4) is 0 Å². The normalized spacial score (nSPS) is 15.0. The van der Waals surface area contributed by atoms with Crippen LogP contribution in [0.4, 0.5) is 10.5 Å². The molecular weight excluding hydrogens is 370 g/mol. The van der Waals surface area contributed by atoms with Crippen molar-refractivity contribution in [2.24, 2.45) is 4.99 Å². The average Bonchev–Trinajstić information content (AvgIpc) is 2.69. The Morgan fingerprint density at radius 1 is 1.14 bits per heavy atom. The lowest BCUT2D eigenvalue weighted by Crippen LogP contribution is -2.42. The number of morpholine rings is 1. The quantitative estimate of drug-likeness (QED) is 0.366. The first-order valence-electron chi connectivity index (χ1n) is 10.3. The lowest BCUT2D eigenvalue weighted by Gasteiger charge is -2.30. The molecule has 1 aliphatic heterocycles. The maximum atomic E-state index is 11.7. The van der Waals surface area contributed by atoms with Gasteiger partial charge in [-0.15, -0.1) is 0 Å². The molecule has 0 aliphatic carbocycles. The number of ether oxygens (including phenoxy) is 2. The van der Waals surface area contributed by atoms with E-state index in [2.05, 4.69) is 39.0 Å². The van der Waals surface area contributed by atoms with Gasteiger partial charge >= 0.3 is 6.09 Å². The van der Waals surface area contributed by atoms with Gasteiger partial charge in [-0.25, -0.2) is 9.79 Å². The Morgan fingerprint density at radius 3 is 2.52 bits per heavy atom. The van der Waals surface area contributed by atoms with Crippen molar-refractivity contribution in [3.8, 4) is 0 Å². The SMILES string of the molecule is CCNC(=NCc1ccccc1N1CCOCC1)NCCNC(=O)OC(C)(C)C. The number of hydrogen-bond acceptors (Lipinski definition) is 5. The molecule has 1 aliphatic rings. The molecule has 162 valence electrons. The molecule has 1 aromatic carbocycles. The minimum atomic E-state index is -0.498. The van der Waals surface area contributed by atoms with Crippen molar-refractivity contribution in [3.63, 3.8) is 0 Å². The van der Waals surface area contributed by atoms with Gasteiger partial charge in [0.1, 0.15) is 5.60 Å². The fourth-order valence-electron chi connectivity index (χ4n) is 2.92. The molecule has 8 heteroatoms. The van der Waals surface area contributed by atoms with Crippen molar-refractivity contribution in [2.75, 3.05) is 50.8 Å². The molecule has 0 bridgehead atoms. The smallest absolute Gasteiger partial charge is 0.407 e. The van der Waals surface area contributed by atoms with E-state index in [1.807, 2.05) is 33.8 Å². The highest BCUT2D eigenvalue weighted by Crippen LogP contribution is 2.22. The predicted molar refractivity (Wildman–Crippen MR) is 117 cm³/mol. The van der Waals surface area contributed by atoms with Gasteiger partial charge in [0.15, 0.2) is 5.96 Å². The van der Waals surface area contributed by atoms with Crippen LogP contribution < -0.4 is 20.9 Å². The predicted octanol–water partition coefficient (Wildman–Crippen LogP) is 2.10. The maximum Gasteiger partial charge on any atom is 0.407 e. The summed E-state index contributed by atoms with van der Waals surface area (Å²) in [6.07, 6.45) is -0.416. The van der Waals surface area contributed by atoms with E-state index in [1.165, 1.54) is 11.3 Å². The van der Waals surface area contributed by atoms with Crippen molar-refractivity contribution in [1.82, 2.24) is 16.0 Å². The molecule has 2 rings (SSSR count). The molecule has 1 heterocycles. The highest BCUT2D eigenvalue weighted by Gasteiger charge is 2.16. The average molecular weight is 406 g/mol. The molecular formula is C21H35N5O3. The van der Waals surface area contributed by atoms with Crippen LogP contribution in [0.1, 0.15) is 33.3 Å². The summed E-state index contributed by atoms with van der Waals surface area (Å²) < 4.78 is 10.7. The van der Waals surface area contributed by atoms with E-state index in [0.717, 1.165) is 38.8 Å². The number of alkyl carbamates (subject to hydrolysis) is 1. The van der Waals surface area contributed by atoms with Crippen LogP contribution in [0.15, 0.2) is 29.3 Å². The van der Waals surface area contributed by atoms with Gasteiger partial charge < -0.3 is 30.3 Å². The van der Waals surface area contributed by atoms with E-state index in [4.69, 9.17) is 14.5 Å². The van der Waals surface area contributed by atoms with Crippen molar-refractivity contribution in [1.29, 1.82) is 0 Å². The lowest BCUT2D eigenvalue weighted by molar-refractivity contribution is 0.0529. The van der Waals surface area contributed by atoms with E-state index < -0.39 is 11.7 Å². The molecule has 0 aromatic heterocycles. The lowest BCUT2D eigenvalue weighted by atomic mass is 10.1. The molecule has 0 saturated carbocycles. The van der Waals surface area contributed by atoms with Crippen LogP contribution in [-0.2, 0) is 16.0 Å². The van der Waals surface area contributed by atoms with Crippen LogP contribution in [0.2, 0.25) is 0 Å². The van der Waals surface area contributed by atoms with Gasteiger partial charge in [-0.1, -0.05) is 18.2 Å². The second-order valence-corrected chi connectivity index (χ2v) is 7.78. The van der Waals surface area contributed by atoms with E-state index in [1.54, 1.807) is 0 Å². The molecule has 0 unspecified atom stereocenters. The monoisotopic (exact) mass is 405 g/mol. The Balaban J connectivity index is 1.88. The molecule has 8 nitrogen and oxygen atoms in total. The van der Waals surface area contributed by atoms with Crippen LogP contribution in [-0.4, -0.2) is 63.6 Å². The molecule has 29 heavy (non-hydrogen) atoms. The minimum Gasteiger partial charge on any atom is -0.444 e. The van der Waals surface area contributed by atoms with E-state index in [-0.39, 0.29) is 0 Å². The second kappa shape index (κ2) is 11.5. The number of aliphatic imine (C=N–C) groups is 1. The number of carbonyl (C=O) groups excluding carboxylic acids is 1. The van der Waals surface area contributed by atoms with Crippen LogP contribution >= 0.6 is 0 Å². The number of guanidine groups is 1. The zero-order valence-corrected chi connectivity index (χ0v) is 18.1. The number of rotatable bonds is 7. The fraction of sp³-hybridized carbons (Fsp3) is 0.619. The molecule has 0 atom stereocenters. The summed E-state index contributed by atoms with van der Waals surface area (Å²) in [5.74, 6) is 0.718. The number of anilines is 1. The number of nitrogens with one attached hydrogen (secondary N) is 3. The standard InChI is InChI=1S/C21H35N5O3/c1-5-22-19(23-10-11-24-20(27)29-21(2,3)4)25-16-17-8-6-7-9-18(17)26-12-14-28-15-13-26/h6-9H,5,10-16H2,1-4H3,(H,24,27)(H2,22,23,25). The van der Waals surface area contributed by atoms with Crippen LogP contribution in [0.5, 0.6) is 0 Å². The minimum absolute atomic E-state index is 0.416. The summed E-state index contributed by atoms with van der Waals surface area (Å²) in [5, 5.41) is 9.22. The summed E-state index contributed by atoms with van der Waals surface area (Å²) in [4.78, 5) is 18.8. The van der Waals surface area contributed by atoms with Gasteiger partial charge in [0.25, 0.3) is 0 Å². The number of amides is 1. The van der Waals surface area contributed by atoms with Gasteiger partial charge in [-0.3, -0.25) is 0 Å². The first-order chi connectivity index (χ1) is 13.9. The number of nitrogens with zero attached hydrogens (tertiary/aromatic N) is 2. The number of benzene rings is 1. The fourth-order valence-corrected chi connectivity index (χ4v) is 2.92. The molecule has 0 radical (unpaired) electrons. The first-order valence-corrected chi connectivity index (χ1v) is 10.3. The van der Waals surface area contributed by atoms with Crippen LogP contribution in [0.25, 0.3) is 0 Å². The number of hydrogen-bond donors (Lipinski definition) is 3. The largest absolute Gasteiger partial charge is 0.444 e. The zero-order valence-electron chi connectivity index (χ0n) is 18.1. The van der Waals surface area contributed by atoms with Crippen molar-refractivity contribution < 1.29 is 14.3 Å². The summed E-state index contributed by atoms with van der Waals surface area (Å²) in [6, 6.07) is 8.35. The Morgan fingerprint density at radius 2 is 1.83 bits per heavy atom. The van der Waals surface area contributed by atoms with Crippen molar-refractivity contribution in [3.05, 3.63) is 29.8 Å². The van der Waals surface area contributed by atoms with E-state index >= 15 is 0 Å². The highest BCUT2D eigenvalue weighted by molar-refractivity contribution is 5.80. The molecule has 1 amide bonds. The van der Waals surface area contributed by atoms with Gasteiger partial charge in [0, 0.05) is 38.4 Å². The van der Waals surface area contributed by atoms with E-state index in [0.29, 0.717) is 19.6 Å². The Hall–Kier alpha value is -2.48. The third-order valence-electron chi connectivity index (χ3n) is 4.18. The summed E-state index contributed by atoms with van der Waals surface area (Å²) in [5.41, 5.74) is 1.89. The number of carbonyl (C=O) groups is 1. The Labute approximate surface area is 174 Å². The third kappa shape index (κ3) is 8.60. The molecule has 1 fully saturated rings. The van der Waals surface area contributed by atoms with Crippen LogP contribution in [0, 0.1) is 0 Å². The number of para-hydroxylation sites is 1. The van der Waals surface area contributed by atoms with Gasteiger partial charge in [0.05, 0.1) is 19.8 Å². The molecule has 1 aromatic rings. The first kappa shape index (κ1) is 22.8. The van der Waals surface area contributed by atoms with E-state index in [9.17, 15) is 4.79 Å². The van der Waals surface area contributed by atoms with Gasteiger partial charge in [0.2, 0.25) is 0 Å². The van der Waals surface area contributed by atoms with Crippen molar-refractivity contribution in [2.45, 2.75) is 39.8 Å². The maximum absolute atomic E-state index is 11.7. The highest BCUT2D eigenvalue weighted by atomic mass is 16.6. The summed E-state index contributed by atoms with van der Waals surface area (Å²) >= 11 is 0. The zero-order chi connectivity index (χ0) is 21.1. The molecule has 0 spiro atoms. The third-order valence-corrected chi connectivity index (χ3v) is 4.18.